The molecule has 0 fully saturated rings. The van der Waals surface area contributed by atoms with Gasteiger partial charge in [0, 0.05) is 18.7 Å². The Balaban J connectivity index is 1.70. The molecule has 5 heteroatoms. The van der Waals surface area contributed by atoms with Gasteiger partial charge in [-0.15, -0.1) is 0 Å². The van der Waals surface area contributed by atoms with Crippen LogP contribution in [0.25, 0.3) is 11.0 Å². The summed E-state index contributed by atoms with van der Waals surface area (Å²) in [6, 6.07) is 15.1. The van der Waals surface area contributed by atoms with E-state index in [0.29, 0.717) is 18.0 Å². The highest BCUT2D eigenvalue weighted by Crippen LogP contribution is 2.19. The van der Waals surface area contributed by atoms with Gasteiger partial charge in [-0.05, 0) is 24.3 Å². The topological polar surface area (TPSA) is 67.0 Å². The number of H-pyrrole nitrogens is 1. The Hall–Kier alpha value is -2.82. The highest BCUT2D eigenvalue weighted by atomic mass is 16.5. The van der Waals surface area contributed by atoms with Crippen LogP contribution < -0.4 is 10.1 Å². The number of carbonyl (C=O) groups is 1. The summed E-state index contributed by atoms with van der Waals surface area (Å²) in [7, 11) is 0. The number of aromatic nitrogens is 2. The van der Waals surface area contributed by atoms with Crippen LogP contribution in [0.1, 0.15) is 12.7 Å². The number of imidazole rings is 1. The highest BCUT2D eigenvalue weighted by molar-refractivity contribution is 5.88. The Labute approximate surface area is 122 Å². The third-order valence-corrected chi connectivity index (χ3v) is 2.97. The van der Waals surface area contributed by atoms with Gasteiger partial charge in [0.25, 0.3) is 0 Å². The number of nitrogens with zero attached hydrogens (tertiary/aromatic N) is 1. The molecule has 0 radical (unpaired) electrons. The van der Waals surface area contributed by atoms with E-state index < -0.39 is 0 Å². The summed E-state index contributed by atoms with van der Waals surface area (Å²) in [5.41, 5.74) is 2.62. The number of aromatic amines is 1. The number of rotatable bonds is 4. The normalized spacial score (nSPS) is 10.5. The standard InChI is InChI=1S/C16H15N3O2/c1-11(20)17-12-5-4-6-13(9-12)21-10-16-18-14-7-2-3-8-15(14)19-16/h2-9H,10H2,1H3,(H,17,20)(H,18,19). The Kier molecular flexibility index (Phi) is 3.55. The molecule has 1 aromatic heterocycles. The van der Waals surface area contributed by atoms with Gasteiger partial charge in [-0.1, -0.05) is 18.2 Å². The van der Waals surface area contributed by atoms with Gasteiger partial charge in [0.05, 0.1) is 11.0 Å². The molecule has 0 atom stereocenters. The third-order valence-electron chi connectivity index (χ3n) is 2.97. The van der Waals surface area contributed by atoms with Crippen LogP contribution >= 0.6 is 0 Å². The van der Waals surface area contributed by atoms with E-state index in [9.17, 15) is 4.79 Å². The molecule has 21 heavy (non-hydrogen) atoms. The van der Waals surface area contributed by atoms with Crippen LogP contribution in [0.4, 0.5) is 5.69 Å². The largest absolute Gasteiger partial charge is 0.486 e. The van der Waals surface area contributed by atoms with Crippen LogP contribution in [0.5, 0.6) is 5.75 Å². The van der Waals surface area contributed by atoms with Crippen molar-refractivity contribution in [2.75, 3.05) is 5.32 Å². The number of benzene rings is 2. The maximum atomic E-state index is 11.0. The molecule has 106 valence electrons. The minimum Gasteiger partial charge on any atom is -0.486 e. The summed E-state index contributed by atoms with van der Waals surface area (Å²) in [6.07, 6.45) is 0. The van der Waals surface area contributed by atoms with E-state index in [1.165, 1.54) is 6.92 Å². The first-order valence-corrected chi connectivity index (χ1v) is 6.65. The molecule has 0 aliphatic heterocycles. The van der Waals surface area contributed by atoms with E-state index in [-0.39, 0.29) is 5.91 Å². The zero-order valence-corrected chi connectivity index (χ0v) is 11.6. The van der Waals surface area contributed by atoms with Gasteiger partial charge >= 0.3 is 0 Å². The maximum absolute atomic E-state index is 11.0. The van der Waals surface area contributed by atoms with E-state index in [1.54, 1.807) is 6.07 Å². The van der Waals surface area contributed by atoms with E-state index in [0.717, 1.165) is 16.9 Å². The van der Waals surface area contributed by atoms with Crippen molar-refractivity contribution < 1.29 is 9.53 Å². The molecule has 0 unspecified atom stereocenters. The first-order chi connectivity index (χ1) is 10.2. The third kappa shape index (κ3) is 3.20. The number of hydrogen-bond acceptors (Lipinski definition) is 3. The van der Waals surface area contributed by atoms with Crippen molar-refractivity contribution in [3.63, 3.8) is 0 Å². The molecule has 0 spiro atoms. The summed E-state index contributed by atoms with van der Waals surface area (Å²) in [6.45, 7) is 1.82. The summed E-state index contributed by atoms with van der Waals surface area (Å²) in [4.78, 5) is 18.7. The van der Waals surface area contributed by atoms with Crippen molar-refractivity contribution in [1.82, 2.24) is 9.97 Å². The fraction of sp³-hybridized carbons (Fsp3) is 0.125. The highest BCUT2D eigenvalue weighted by Gasteiger charge is 2.03. The monoisotopic (exact) mass is 281 g/mol. The molecule has 2 N–H and O–H groups in total. The fourth-order valence-corrected chi connectivity index (χ4v) is 2.09. The zero-order valence-electron chi connectivity index (χ0n) is 11.6. The molecular formula is C16H15N3O2. The molecule has 1 heterocycles. The van der Waals surface area contributed by atoms with Gasteiger partial charge in [-0.2, -0.15) is 0 Å². The molecule has 1 amide bonds. The molecule has 5 nitrogen and oxygen atoms in total. The van der Waals surface area contributed by atoms with Crippen molar-refractivity contribution in [2.24, 2.45) is 0 Å². The second-order valence-corrected chi connectivity index (χ2v) is 4.70. The molecule has 0 bridgehead atoms. The fourth-order valence-electron chi connectivity index (χ4n) is 2.09. The van der Waals surface area contributed by atoms with E-state index in [2.05, 4.69) is 15.3 Å². The van der Waals surface area contributed by atoms with Gasteiger partial charge in [0.2, 0.25) is 5.91 Å². The summed E-state index contributed by atoms with van der Waals surface area (Å²) in [5, 5.41) is 2.72. The molecule has 2 aromatic carbocycles. The quantitative estimate of drug-likeness (QED) is 0.772. The molecule has 0 aliphatic rings. The van der Waals surface area contributed by atoms with Crippen molar-refractivity contribution >= 4 is 22.6 Å². The number of ether oxygens (including phenoxy) is 1. The van der Waals surface area contributed by atoms with Crippen LogP contribution in [0.3, 0.4) is 0 Å². The first kappa shape index (κ1) is 13.2. The van der Waals surface area contributed by atoms with Gasteiger partial charge in [0.15, 0.2) is 0 Å². The van der Waals surface area contributed by atoms with Crippen LogP contribution in [-0.2, 0) is 11.4 Å². The van der Waals surface area contributed by atoms with E-state index in [1.807, 2.05) is 42.5 Å². The van der Waals surface area contributed by atoms with Crippen molar-refractivity contribution in [3.05, 3.63) is 54.4 Å². The minimum atomic E-state index is -0.107. The Morgan fingerprint density at radius 3 is 2.90 bits per heavy atom. The Bertz CT molecular complexity index is 747. The molecular weight excluding hydrogens is 266 g/mol. The van der Waals surface area contributed by atoms with Crippen LogP contribution in [0, 0.1) is 0 Å². The Morgan fingerprint density at radius 1 is 1.24 bits per heavy atom. The second kappa shape index (κ2) is 5.66. The van der Waals surface area contributed by atoms with Gasteiger partial charge < -0.3 is 15.0 Å². The van der Waals surface area contributed by atoms with Crippen LogP contribution in [-0.4, -0.2) is 15.9 Å². The van der Waals surface area contributed by atoms with Crippen molar-refractivity contribution in [3.8, 4) is 5.75 Å². The minimum absolute atomic E-state index is 0.107. The maximum Gasteiger partial charge on any atom is 0.221 e. The number of anilines is 1. The first-order valence-electron chi connectivity index (χ1n) is 6.65. The lowest BCUT2D eigenvalue weighted by Gasteiger charge is -2.07. The summed E-state index contributed by atoms with van der Waals surface area (Å²) in [5.74, 6) is 1.34. The van der Waals surface area contributed by atoms with Crippen molar-refractivity contribution in [2.45, 2.75) is 13.5 Å². The van der Waals surface area contributed by atoms with E-state index in [4.69, 9.17) is 4.74 Å². The van der Waals surface area contributed by atoms with Gasteiger partial charge in [0.1, 0.15) is 18.2 Å². The number of hydrogen-bond donors (Lipinski definition) is 2. The Morgan fingerprint density at radius 2 is 2.10 bits per heavy atom. The zero-order chi connectivity index (χ0) is 14.7. The predicted octanol–water partition coefficient (Wildman–Crippen LogP) is 3.10. The predicted molar refractivity (Wildman–Crippen MR) is 81.2 cm³/mol. The average Bonchev–Trinajstić information content (AvgIpc) is 2.87. The lowest BCUT2D eigenvalue weighted by molar-refractivity contribution is -0.114. The second-order valence-electron chi connectivity index (χ2n) is 4.70. The number of para-hydroxylation sites is 2. The van der Waals surface area contributed by atoms with Crippen LogP contribution in [0.2, 0.25) is 0 Å². The van der Waals surface area contributed by atoms with Gasteiger partial charge in [-0.3, -0.25) is 4.79 Å². The molecule has 0 saturated carbocycles. The summed E-state index contributed by atoms with van der Waals surface area (Å²) >= 11 is 0. The molecule has 0 aliphatic carbocycles. The molecule has 3 aromatic rings. The average molecular weight is 281 g/mol. The van der Waals surface area contributed by atoms with Gasteiger partial charge in [-0.25, -0.2) is 4.98 Å². The molecule has 0 saturated heterocycles. The number of amides is 1. The number of fused-ring (bicyclic) bond motifs is 1. The summed E-state index contributed by atoms with van der Waals surface area (Å²) < 4.78 is 5.70. The van der Waals surface area contributed by atoms with Crippen molar-refractivity contribution in [1.29, 1.82) is 0 Å². The number of carbonyl (C=O) groups excluding carboxylic acids is 1. The lowest BCUT2D eigenvalue weighted by atomic mass is 10.3. The number of nitrogens with one attached hydrogen (secondary N) is 2. The SMILES string of the molecule is CC(=O)Nc1cccc(OCc2nc3ccccc3[nH]2)c1. The smallest absolute Gasteiger partial charge is 0.221 e. The van der Waals surface area contributed by atoms with Crippen LogP contribution in [0.15, 0.2) is 48.5 Å². The van der Waals surface area contributed by atoms with E-state index >= 15 is 0 Å². The molecule has 3 rings (SSSR count). The lowest BCUT2D eigenvalue weighted by Crippen LogP contribution is -2.05.